The maximum Gasteiger partial charge on any atom is 0.340 e. The van der Waals surface area contributed by atoms with Gasteiger partial charge in [0.2, 0.25) is 0 Å². The van der Waals surface area contributed by atoms with Crippen molar-refractivity contribution in [3.8, 4) is 0 Å². The molecule has 0 radical (unpaired) electrons. The van der Waals surface area contributed by atoms with Crippen LogP contribution in [-0.4, -0.2) is 29.2 Å². The van der Waals surface area contributed by atoms with Gasteiger partial charge in [-0.3, -0.25) is 0 Å². The Kier molecular flexibility index (Phi) is 5.29. The molecule has 5 nitrogen and oxygen atoms in total. The van der Waals surface area contributed by atoms with Gasteiger partial charge >= 0.3 is 11.9 Å². The third kappa shape index (κ3) is 4.47. The highest BCUT2D eigenvalue weighted by atomic mass is 16.5. The Labute approximate surface area is 137 Å². The number of nitrogens with one attached hydrogen (secondary N) is 1. The van der Waals surface area contributed by atoms with E-state index >= 15 is 0 Å². The standard InChI is InChI=1S/C18H25NO4/c1-18(2,3)15(16(20)21)19-14-11-7-6-10-13(14)17(22)23-12-8-4-5-9-12/h6-7,10-12,15,19H,4-5,8-9H2,1-3H3,(H,20,21). The van der Waals surface area contributed by atoms with E-state index in [-0.39, 0.29) is 6.10 Å². The Hall–Kier alpha value is -2.04. The molecule has 0 bridgehead atoms. The van der Waals surface area contributed by atoms with Crippen molar-refractivity contribution in [1.29, 1.82) is 0 Å². The van der Waals surface area contributed by atoms with Crippen LogP contribution >= 0.6 is 0 Å². The zero-order chi connectivity index (χ0) is 17.0. The number of para-hydroxylation sites is 1. The first-order chi connectivity index (χ1) is 10.8. The molecule has 1 atom stereocenters. The predicted octanol–water partition coefficient (Wildman–Crippen LogP) is 3.70. The largest absolute Gasteiger partial charge is 0.480 e. The smallest absolute Gasteiger partial charge is 0.340 e. The highest BCUT2D eigenvalue weighted by Gasteiger charge is 2.32. The van der Waals surface area contributed by atoms with Crippen LogP contribution in [0.1, 0.15) is 56.8 Å². The van der Waals surface area contributed by atoms with Gasteiger partial charge in [-0.1, -0.05) is 32.9 Å². The van der Waals surface area contributed by atoms with E-state index in [0.29, 0.717) is 11.3 Å². The van der Waals surface area contributed by atoms with Crippen LogP contribution in [0.5, 0.6) is 0 Å². The molecule has 1 unspecified atom stereocenters. The minimum absolute atomic E-state index is 0.0200. The summed E-state index contributed by atoms with van der Waals surface area (Å²) in [6, 6.07) is 6.11. The molecule has 0 aromatic heterocycles. The van der Waals surface area contributed by atoms with Gasteiger partial charge in [-0.25, -0.2) is 9.59 Å². The van der Waals surface area contributed by atoms with Gasteiger partial charge in [-0.2, -0.15) is 0 Å². The molecule has 1 aromatic rings. The maximum absolute atomic E-state index is 12.4. The molecule has 2 rings (SSSR count). The number of rotatable bonds is 5. The van der Waals surface area contributed by atoms with Crippen molar-refractivity contribution in [2.24, 2.45) is 5.41 Å². The maximum atomic E-state index is 12.4. The normalized spacial score (nSPS) is 16.8. The van der Waals surface area contributed by atoms with Crippen LogP contribution in [0.15, 0.2) is 24.3 Å². The van der Waals surface area contributed by atoms with Crippen molar-refractivity contribution in [2.45, 2.75) is 58.6 Å². The van der Waals surface area contributed by atoms with Gasteiger partial charge in [0.25, 0.3) is 0 Å². The molecule has 5 heteroatoms. The second-order valence-electron chi connectivity index (χ2n) is 7.14. The van der Waals surface area contributed by atoms with Crippen LogP contribution in [0.25, 0.3) is 0 Å². The molecule has 23 heavy (non-hydrogen) atoms. The molecule has 0 spiro atoms. The van der Waals surface area contributed by atoms with Crippen molar-refractivity contribution in [2.75, 3.05) is 5.32 Å². The van der Waals surface area contributed by atoms with Gasteiger partial charge in [0, 0.05) is 5.69 Å². The van der Waals surface area contributed by atoms with E-state index in [4.69, 9.17) is 4.74 Å². The number of hydrogen-bond donors (Lipinski definition) is 2. The summed E-state index contributed by atoms with van der Waals surface area (Å²) in [5.41, 5.74) is 0.390. The van der Waals surface area contributed by atoms with Gasteiger partial charge < -0.3 is 15.2 Å². The lowest BCUT2D eigenvalue weighted by molar-refractivity contribution is -0.140. The number of benzene rings is 1. The van der Waals surface area contributed by atoms with Crippen LogP contribution < -0.4 is 5.32 Å². The summed E-state index contributed by atoms with van der Waals surface area (Å²) in [6.07, 6.45) is 3.96. The van der Waals surface area contributed by atoms with E-state index in [1.165, 1.54) is 0 Å². The Bertz CT molecular complexity index is 571. The highest BCUT2D eigenvalue weighted by Crippen LogP contribution is 2.27. The molecule has 1 saturated carbocycles. The summed E-state index contributed by atoms with van der Waals surface area (Å²) in [5.74, 6) is -1.34. The summed E-state index contributed by atoms with van der Waals surface area (Å²) in [5, 5.41) is 12.4. The first-order valence-electron chi connectivity index (χ1n) is 8.08. The van der Waals surface area contributed by atoms with Gasteiger partial charge in [-0.05, 0) is 43.2 Å². The lowest BCUT2D eigenvalue weighted by Gasteiger charge is -2.29. The fourth-order valence-corrected chi connectivity index (χ4v) is 2.81. The number of carbonyl (C=O) groups excluding carboxylic acids is 1. The fraction of sp³-hybridized carbons (Fsp3) is 0.556. The quantitative estimate of drug-likeness (QED) is 0.809. The summed E-state index contributed by atoms with van der Waals surface area (Å²) in [4.78, 5) is 23.9. The zero-order valence-corrected chi connectivity index (χ0v) is 14.0. The fourth-order valence-electron chi connectivity index (χ4n) is 2.81. The van der Waals surface area contributed by atoms with Crippen LogP contribution in [0, 0.1) is 5.41 Å². The van der Waals surface area contributed by atoms with Gasteiger partial charge in [-0.15, -0.1) is 0 Å². The first-order valence-corrected chi connectivity index (χ1v) is 8.08. The van der Waals surface area contributed by atoms with Gasteiger partial charge in [0.05, 0.1) is 5.56 Å². The SMILES string of the molecule is CC(C)(C)C(Nc1ccccc1C(=O)OC1CCCC1)C(=O)O. The number of ether oxygens (including phenoxy) is 1. The molecular weight excluding hydrogens is 294 g/mol. The molecule has 1 aromatic carbocycles. The van der Waals surface area contributed by atoms with Crippen LogP contribution in [0.3, 0.4) is 0 Å². The van der Waals surface area contributed by atoms with E-state index in [1.807, 2.05) is 20.8 Å². The van der Waals surface area contributed by atoms with Crippen molar-refractivity contribution in [3.63, 3.8) is 0 Å². The summed E-state index contributed by atoms with van der Waals surface area (Å²) < 4.78 is 5.54. The average Bonchev–Trinajstić information content (AvgIpc) is 2.96. The van der Waals surface area contributed by atoms with Crippen molar-refractivity contribution in [1.82, 2.24) is 0 Å². The summed E-state index contributed by atoms with van der Waals surface area (Å²) in [6.45, 7) is 5.54. The number of hydrogen-bond acceptors (Lipinski definition) is 4. The molecule has 0 saturated heterocycles. The Morgan fingerprint density at radius 3 is 2.39 bits per heavy atom. The lowest BCUT2D eigenvalue weighted by atomic mass is 9.86. The van der Waals surface area contributed by atoms with Gasteiger partial charge in [0.1, 0.15) is 12.1 Å². The molecule has 0 heterocycles. The Morgan fingerprint density at radius 1 is 1.22 bits per heavy atom. The van der Waals surface area contributed by atoms with Crippen molar-refractivity contribution < 1.29 is 19.4 Å². The van der Waals surface area contributed by atoms with E-state index < -0.39 is 23.4 Å². The van der Waals surface area contributed by atoms with Crippen LogP contribution in [-0.2, 0) is 9.53 Å². The van der Waals surface area contributed by atoms with Crippen molar-refractivity contribution >= 4 is 17.6 Å². The number of carboxylic acids is 1. The minimum Gasteiger partial charge on any atom is -0.480 e. The Balaban J connectivity index is 2.19. The van der Waals surface area contributed by atoms with E-state index in [9.17, 15) is 14.7 Å². The third-order valence-corrected chi connectivity index (χ3v) is 4.14. The second kappa shape index (κ2) is 7.02. The summed E-state index contributed by atoms with van der Waals surface area (Å²) in [7, 11) is 0. The van der Waals surface area contributed by atoms with Crippen molar-refractivity contribution in [3.05, 3.63) is 29.8 Å². The molecule has 2 N–H and O–H groups in total. The average molecular weight is 319 g/mol. The van der Waals surface area contributed by atoms with E-state index in [1.54, 1.807) is 24.3 Å². The highest BCUT2D eigenvalue weighted by molar-refractivity contribution is 5.96. The van der Waals surface area contributed by atoms with E-state index in [2.05, 4.69) is 5.32 Å². The minimum atomic E-state index is -0.948. The number of carboxylic acid groups (broad SMARTS) is 1. The number of aliphatic carboxylic acids is 1. The number of anilines is 1. The monoisotopic (exact) mass is 319 g/mol. The van der Waals surface area contributed by atoms with Crippen LogP contribution in [0.4, 0.5) is 5.69 Å². The molecule has 0 amide bonds. The molecule has 1 aliphatic rings. The van der Waals surface area contributed by atoms with E-state index in [0.717, 1.165) is 25.7 Å². The zero-order valence-electron chi connectivity index (χ0n) is 14.0. The number of esters is 1. The molecule has 0 aliphatic heterocycles. The molecule has 1 fully saturated rings. The molecule has 126 valence electrons. The van der Waals surface area contributed by atoms with Crippen LogP contribution in [0.2, 0.25) is 0 Å². The van der Waals surface area contributed by atoms with Gasteiger partial charge in [0.15, 0.2) is 0 Å². The first kappa shape index (κ1) is 17.3. The third-order valence-electron chi connectivity index (χ3n) is 4.14. The lowest BCUT2D eigenvalue weighted by Crippen LogP contribution is -2.41. The predicted molar refractivity (Wildman–Crippen MR) is 88.6 cm³/mol. The molecule has 1 aliphatic carbocycles. The second-order valence-corrected chi connectivity index (χ2v) is 7.14. The topological polar surface area (TPSA) is 75.6 Å². The number of carbonyl (C=O) groups is 2. The molecular formula is C18H25NO4. The summed E-state index contributed by atoms with van der Waals surface area (Å²) >= 11 is 0. The Morgan fingerprint density at radius 2 is 1.83 bits per heavy atom.